The van der Waals surface area contributed by atoms with Crippen LogP contribution in [0.15, 0.2) is 30.3 Å². The lowest BCUT2D eigenvalue weighted by atomic mass is 9.92. The summed E-state index contributed by atoms with van der Waals surface area (Å²) in [6.07, 6.45) is 0.915. The van der Waals surface area contributed by atoms with Crippen LogP contribution in [0.25, 0.3) is 0 Å². The monoisotopic (exact) mass is 264 g/mol. The van der Waals surface area contributed by atoms with E-state index in [0.717, 1.165) is 18.7 Å². The molecule has 0 aliphatic rings. The summed E-state index contributed by atoms with van der Waals surface area (Å²) in [4.78, 5) is 11.6. The van der Waals surface area contributed by atoms with Crippen molar-refractivity contribution in [2.45, 2.75) is 20.3 Å². The molecule has 4 heteroatoms. The molecule has 4 nitrogen and oxygen atoms in total. The zero-order valence-electron chi connectivity index (χ0n) is 12.0. The number of hydrogen-bond acceptors (Lipinski definition) is 3. The Morgan fingerprint density at radius 3 is 2.58 bits per heavy atom. The third kappa shape index (κ3) is 5.75. The molecule has 0 unspecified atom stereocenters. The first-order chi connectivity index (χ1) is 9.06. The molecule has 0 spiro atoms. The van der Waals surface area contributed by atoms with E-state index in [0.29, 0.717) is 13.2 Å². The van der Waals surface area contributed by atoms with Crippen LogP contribution in [-0.2, 0) is 4.79 Å². The van der Waals surface area contributed by atoms with E-state index in [1.54, 1.807) is 7.05 Å². The van der Waals surface area contributed by atoms with E-state index in [2.05, 4.69) is 10.6 Å². The van der Waals surface area contributed by atoms with E-state index in [-0.39, 0.29) is 11.3 Å². The first-order valence-electron chi connectivity index (χ1n) is 6.67. The molecule has 0 saturated carbocycles. The molecule has 1 amide bonds. The molecule has 0 atom stereocenters. The van der Waals surface area contributed by atoms with Gasteiger partial charge in [0.05, 0.1) is 12.0 Å². The minimum Gasteiger partial charge on any atom is -0.494 e. The molecule has 0 aliphatic heterocycles. The molecular weight excluding hydrogens is 240 g/mol. The van der Waals surface area contributed by atoms with Gasteiger partial charge in [0.2, 0.25) is 5.91 Å². The zero-order valence-corrected chi connectivity index (χ0v) is 12.0. The molecule has 19 heavy (non-hydrogen) atoms. The van der Waals surface area contributed by atoms with Crippen LogP contribution >= 0.6 is 0 Å². The highest BCUT2D eigenvalue weighted by Gasteiger charge is 2.25. The fraction of sp³-hybridized carbons (Fsp3) is 0.533. The average Bonchev–Trinajstić information content (AvgIpc) is 2.42. The number of para-hydroxylation sites is 1. The summed E-state index contributed by atoms with van der Waals surface area (Å²) in [6, 6.07) is 9.78. The van der Waals surface area contributed by atoms with Crippen molar-refractivity contribution >= 4 is 5.91 Å². The molecule has 0 heterocycles. The normalized spacial score (nSPS) is 11.1. The molecule has 0 aromatic heterocycles. The van der Waals surface area contributed by atoms with Crippen molar-refractivity contribution in [1.29, 1.82) is 0 Å². The molecule has 0 aliphatic carbocycles. The molecule has 1 aromatic carbocycles. The van der Waals surface area contributed by atoms with Crippen LogP contribution in [0.3, 0.4) is 0 Å². The second kappa shape index (κ2) is 7.79. The molecule has 0 saturated heterocycles. The fourth-order valence-corrected chi connectivity index (χ4v) is 1.72. The van der Waals surface area contributed by atoms with E-state index in [1.165, 1.54) is 0 Å². The number of carbonyl (C=O) groups excluding carboxylic acids is 1. The van der Waals surface area contributed by atoms with Crippen LogP contribution in [-0.4, -0.2) is 32.7 Å². The molecule has 1 rings (SSSR count). The molecular formula is C15H24N2O2. The number of benzene rings is 1. The molecule has 0 fully saturated rings. The van der Waals surface area contributed by atoms with E-state index in [9.17, 15) is 4.79 Å². The van der Waals surface area contributed by atoms with Gasteiger partial charge in [0.25, 0.3) is 0 Å². The third-order valence-corrected chi connectivity index (χ3v) is 2.92. The lowest BCUT2D eigenvalue weighted by Gasteiger charge is -2.22. The van der Waals surface area contributed by atoms with E-state index in [4.69, 9.17) is 4.74 Å². The Morgan fingerprint density at radius 1 is 1.26 bits per heavy atom. The number of hydrogen-bond donors (Lipinski definition) is 2. The Morgan fingerprint density at radius 2 is 1.95 bits per heavy atom. The van der Waals surface area contributed by atoms with Crippen LogP contribution in [0.1, 0.15) is 20.3 Å². The second-order valence-electron chi connectivity index (χ2n) is 5.15. The van der Waals surface area contributed by atoms with Crippen molar-refractivity contribution in [2.24, 2.45) is 5.41 Å². The van der Waals surface area contributed by atoms with Crippen molar-refractivity contribution in [3.63, 3.8) is 0 Å². The van der Waals surface area contributed by atoms with Crippen LogP contribution in [0, 0.1) is 5.41 Å². The van der Waals surface area contributed by atoms with Gasteiger partial charge in [-0.15, -0.1) is 0 Å². The minimum atomic E-state index is -0.380. The molecule has 106 valence electrons. The minimum absolute atomic E-state index is 0.0561. The van der Waals surface area contributed by atoms with Crippen LogP contribution in [0.5, 0.6) is 5.75 Å². The van der Waals surface area contributed by atoms with Gasteiger partial charge in [-0.1, -0.05) is 18.2 Å². The van der Waals surface area contributed by atoms with Gasteiger partial charge in [0.1, 0.15) is 5.75 Å². The zero-order chi connectivity index (χ0) is 14.1. The van der Waals surface area contributed by atoms with Gasteiger partial charge in [-0.05, 0) is 38.9 Å². The van der Waals surface area contributed by atoms with Gasteiger partial charge in [-0.3, -0.25) is 4.79 Å². The van der Waals surface area contributed by atoms with Crippen molar-refractivity contribution < 1.29 is 9.53 Å². The predicted molar refractivity (Wildman–Crippen MR) is 77.3 cm³/mol. The Kier molecular flexibility index (Phi) is 6.36. The topological polar surface area (TPSA) is 50.4 Å². The maximum absolute atomic E-state index is 11.6. The van der Waals surface area contributed by atoms with Crippen LogP contribution in [0.2, 0.25) is 0 Å². The summed E-state index contributed by atoms with van der Waals surface area (Å²) in [5.41, 5.74) is -0.380. The third-order valence-electron chi connectivity index (χ3n) is 2.92. The van der Waals surface area contributed by atoms with Gasteiger partial charge in [-0.25, -0.2) is 0 Å². The van der Waals surface area contributed by atoms with Crippen molar-refractivity contribution in [1.82, 2.24) is 10.6 Å². The number of ether oxygens (including phenoxy) is 1. The highest BCUT2D eigenvalue weighted by atomic mass is 16.5. The Balaban J connectivity index is 2.10. The van der Waals surface area contributed by atoms with Gasteiger partial charge in [0, 0.05) is 13.6 Å². The van der Waals surface area contributed by atoms with Crippen molar-refractivity contribution in [2.75, 3.05) is 26.7 Å². The molecule has 0 radical (unpaired) electrons. The summed E-state index contributed by atoms with van der Waals surface area (Å²) >= 11 is 0. The fourth-order valence-electron chi connectivity index (χ4n) is 1.72. The summed E-state index contributed by atoms with van der Waals surface area (Å²) in [5.74, 6) is 0.953. The maximum Gasteiger partial charge on any atom is 0.226 e. The number of amides is 1. The average molecular weight is 264 g/mol. The first-order valence-corrected chi connectivity index (χ1v) is 6.67. The number of carbonyl (C=O) groups is 1. The standard InChI is InChI=1S/C15H24N2O2/c1-15(2,14(18)16-3)12-17-10-7-11-19-13-8-5-4-6-9-13/h4-6,8-9,17H,7,10-12H2,1-3H3,(H,16,18). The second-order valence-corrected chi connectivity index (χ2v) is 5.15. The van der Waals surface area contributed by atoms with E-state index >= 15 is 0 Å². The molecule has 1 aromatic rings. The molecule has 0 bridgehead atoms. The SMILES string of the molecule is CNC(=O)C(C)(C)CNCCCOc1ccccc1. The van der Waals surface area contributed by atoms with Gasteiger partial charge < -0.3 is 15.4 Å². The Hall–Kier alpha value is -1.55. The van der Waals surface area contributed by atoms with Crippen LogP contribution in [0.4, 0.5) is 0 Å². The van der Waals surface area contributed by atoms with Crippen molar-refractivity contribution in [3.8, 4) is 5.75 Å². The predicted octanol–water partition coefficient (Wildman–Crippen LogP) is 1.82. The van der Waals surface area contributed by atoms with Gasteiger partial charge in [-0.2, -0.15) is 0 Å². The van der Waals surface area contributed by atoms with E-state index in [1.807, 2.05) is 44.2 Å². The van der Waals surface area contributed by atoms with E-state index < -0.39 is 0 Å². The number of rotatable bonds is 8. The smallest absolute Gasteiger partial charge is 0.226 e. The Bertz CT molecular complexity index is 377. The molecule has 2 N–H and O–H groups in total. The quantitative estimate of drug-likeness (QED) is 0.704. The number of nitrogens with one attached hydrogen (secondary N) is 2. The maximum atomic E-state index is 11.6. The summed E-state index contributed by atoms with van der Waals surface area (Å²) in [7, 11) is 1.66. The van der Waals surface area contributed by atoms with Gasteiger partial charge in [0.15, 0.2) is 0 Å². The Labute approximate surface area is 115 Å². The lowest BCUT2D eigenvalue weighted by Crippen LogP contribution is -2.42. The summed E-state index contributed by atoms with van der Waals surface area (Å²) in [6.45, 7) is 6.04. The van der Waals surface area contributed by atoms with Crippen molar-refractivity contribution in [3.05, 3.63) is 30.3 Å². The highest BCUT2D eigenvalue weighted by Crippen LogP contribution is 2.13. The largest absolute Gasteiger partial charge is 0.494 e. The summed E-state index contributed by atoms with van der Waals surface area (Å²) in [5, 5.41) is 5.96. The first kappa shape index (κ1) is 15.5. The lowest BCUT2D eigenvalue weighted by molar-refractivity contribution is -0.128. The van der Waals surface area contributed by atoms with Crippen LogP contribution < -0.4 is 15.4 Å². The van der Waals surface area contributed by atoms with Gasteiger partial charge >= 0.3 is 0 Å². The summed E-state index contributed by atoms with van der Waals surface area (Å²) < 4.78 is 5.59. The highest BCUT2D eigenvalue weighted by molar-refractivity contribution is 5.81.